The van der Waals surface area contributed by atoms with Crippen LogP contribution in [0.2, 0.25) is 0 Å². The zero-order valence-corrected chi connectivity index (χ0v) is 12.8. The van der Waals surface area contributed by atoms with Crippen molar-refractivity contribution < 1.29 is 17.9 Å². The number of likely N-dealkylation sites (tertiary alicyclic amines) is 1. The molecule has 2 saturated heterocycles. The summed E-state index contributed by atoms with van der Waals surface area (Å²) in [5, 5.41) is 9.37. The van der Waals surface area contributed by atoms with Crippen molar-refractivity contribution in [1.82, 2.24) is 4.90 Å². The predicted molar refractivity (Wildman–Crippen MR) is 78.4 cm³/mol. The molecule has 0 bridgehead atoms. The molecule has 0 unspecified atom stereocenters. The van der Waals surface area contributed by atoms with Gasteiger partial charge in [0.25, 0.3) is 0 Å². The van der Waals surface area contributed by atoms with E-state index >= 15 is 0 Å². The molecule has 2 fully saturated rings. The quantitative estimate of drug-likeness (QED) is 0.817. The van der Waals surface area contributed by atoms with Crippen molar-refractivity contribution in [1.29, 1.82) is 5.26 Å². The first-order chi connectivity index (χ1) is 10.4. The molecule has 0 saturated carbocycles. The van der Waals surface area contributed by atoms with Gasteiger partial charge in [0.05, 0.1) is 23.0 Å². The van der Waals surface area contributed by atoms with E-state index in [-0.39, 0.29) is 37.1 Å². The molecule has 0 aromatic heterocycles. The summed E-state index contributed by atoms with van der Waals surface area (Å²) < 4.78 is 28.7. The molecule has 1 aromatic carbocycles. The van der Waals surface area contributed by atoms with E-state index in [1.807, 2.05) is 30.3 Å². The fraction of sp³-hybridized carbons (Fsp3) is 0.467. The Kier molecular flexibility index (Phi) is 3.57. The number of carbonyl (C=O) groups is 1. The van der Waals surface area contributed by atoms with Crippen molar-refractivity contribution in [3.05, 3.63) is 35.9 Å². The highest BCUT2D eigenvalue weighted by Crippen LogP contribution is 2.43. The van der Waals surface area contributed by atoms with Gasteiger partial charge in [-0.2, -0.15) is 5.26 Å². The summed E-state index contributed by atoms with van der Waals surface area (Å²) >= 11 is 0. The maximum atomic E-state index is 12.1. The summed E-state index contributed by atoms with van der Waals surface area (Å²) in [6.45, 7) is 0.556. The van der Waals surface area contributed by atoms with Crippen molar-refractivity contribution in [3.63, 3.8) is 0 Å². The second kappa shape index (κ2) is 5.29. The molecule has 1 aromatic rings. The van der Waals surface area contributed by atoms with E-state index in [1.165, 1.54) is 4.90 Å². The fourth-order valence-electron chi connectivity index (χ4n) is 3.22. The van der Waals surface area contributed by atoms with Crippen molar-refractivity contribution >= 4 is 15.9 Å². The molecule has 0 aliphatic carbocycles. The Labute approximate surface area is 129 Å². The van der Waals surface area contributed by atoms with Crippen LogP contribution in [0.25, 0.3) is 0 Å². The maximum absolute atomic E-state index is 12.1. The number of hydrogen-bond acceptors (Lipinski definition) is 5. The number of hydrogen-bond donors (Lipinski definition) is 0. The second-order valence-corrected chi connectivity index (χ2v) is 8.05. The molecule has 0 N–H and O–H groups in total. The van der Waals surface area contributed by atoms with Crippen LogP contribution in [-0.4, -0.2) is 44.0 Å². The van der Waals surface area contributed by atoms with Crippen molar-refractivity contribution in [2.45, 2.75) is 6.61 Å². The number of benzene rings is 1. The van der Waals surface area contributed by atoms with Gasteiger partial charge in [0, 0.05) is 19.0 Å². The van der Waals surface area contributed by atoms with Crippen molar-refractivity contribution in [2.75, 3.05) is 24.6 Å². The van der Waals surface area contributed by atoms with E-state index in [1.54, 1.807) is 0 Å². The highest BCUT2D eigenvalue weighted by molar-refractivity contribution is 7.91. The highest BCUT2D eigenvalue weighted by Gasteiger charge is 2.57. The van der Waals surface area contributed by atoms with Gasteiger partial charge >= 0.3 is 6.09 Å². The third-order valence-corrected chi connectivity index (χ3v) is 6.18. The van der Waals surface area contributed by atoms with Crippen LogP contribution in [0, 0.1) is 22.7 Å². The van der Waals surface area contributed by atoms with Crippen LogP contribution >= 0.6 is 0 Å². The minimum Gasteiger partial charge on any atom is -0.445 e. The number of rotatable bonds is 2. The molecule has 22 heavy (non-hydrogen) atoms. The highest BCUT2D eigenvalue weighted by atomic mass is 32.2. The predicted octanol–water partition coefficient (Wildman–Crippen LogP) is 1.19. The number of fused-ring (bicyclic) bond motifs is 1. The molecule has 3 rings (SSSR count). The zero-order chi connectivity index (χ0) is 15.8. The van der Waals surface area contributed by atoms with Gasteiger partial charge in [-0.1, -0.05) is 30.3 Å². The van der Waals surface area contributed by atoms with Gasteiger partial charge < -0.3 is 9.64 Å². The Bertz CT molecular complexity index is 726. The first-order valence-electron chi connectivity index (χ1n) is 7.01. The number of sulfone groups is 1. The van der Waals surface area contributed by atoms with Gasteiger partial charge in [-0.15, -0.1) is 0 Å². The van der Waals surface area contributed by atoms with E-state index in [0.717, 1.165) is 5.56 Å². The van der Waals surface area contributed by atoms with Gasteiger partial charge in [-0.25, -0.2) is 13.2 Å². The van der Waals surface area contributed by atoms with Gasteiger partial charge in [0.2, 0.25) is 0 Å². The van der Waals surface area contributed by atoms with Crippen LogP contribution in [0.1, 0.15) is 5.56 Å². The Hall–Kier alpha value is -2.07. The summed E-state index contributed by atoms with van der Waals surface area (Å²) in [5.41, 5.74) is -0.0854. The first-order valence-corrected chi connectivity index (χ1v) is 8.84. The van der Waals surface area contributed by atoms with E-state index < -0.39 is 21.3 Å². The van der Waals surface area contributed by atoms with Gasteiger partial charge in [-0.05, 0) is 5.56 Å². The molecule has 7 heteroatoms. The molecule has 116 valence electrons. The summed E-state index contributed by atoms with van der Waals surface area (Å²) in [7, 11) is -3.18. The standard InChI is InChI=1S/C15H16N2O4S/c16-9-15-10-17(6-13(15)8-22(19,20)11-15)14(18)21-7-12-4-2-1-3-5-12/h1-5,13H,6-8,10-11H2/t13-,15-/m1/s1. The lowest BCUT2D eigenvalue weighted by Crippen LogP contribution is -2.34. The van der Waals surface area contributed by atoms with Crippen molar-refractivity contribution in [3.8, 4) is 6.07 Å². The Morgan fingerprint density at radius 3 is 2.77 bits per heavy atom. The van der Waals surface area contributed by atoms with Crippen LogP contribution in [0.15, 0.2) is 30.3 Å². The summed E-state index contributed by atoms with van der Waals surface area (Å²) in [4.78, 5) is 13.6. The van der Waals surface area contributed by atoms with Crippen LogP contribution in [0.4, 0.5) is 4.79 Å². The van der Waals surface area contributed by atoms with Gasteiger partial charge in [0.15, 0.2) is 9.84 Å². The molecular weight excluding hydrogens is 304 g/mol. The largest absolute Gasteiger partial charge is 0.445 e. The number of ether oxygens (including phenoxy) is 1. The van der Waals surface area contributed by atoms with E-state index in [9.17, 15) is 18.5 Å². The molecule has 2 heterocycles. The van der Waals surface area contributed by atoms with Crippen molar-refractivity contribution in [2.24, 2.45) is 11.3 Å². The van der Waals surface area contributed by atoms with Crippen LogP contribution in [-0.2, 0) is 21.2 Å². The fourth-order valence-corrected chi connectivity index (χ4v) is 5.55. The average Bonchev–Trinajstić information content (AvgIpc) is 2.95. The third-order valence-electron chi connectivity index (χ3n) is 4.31. The lowest BCUT2D eigenvalue weighted by atomic mass is 9.83. The van der Waals surface area contributed by atoms with Crippen LogP contribution < -0.4 is 0 Å². The molecule has 2 atom stereocenters. The number of amides is 1. The second-order valence-electron chi connectivity index (χ2n) is 5.94. The monoisotopic (exact) mass is 320 g/mol. The van der Waals surface area contributed by atoms with E-state index in [0.29, 0.717) is 0 Å². The van der Waals surface area contributed by atoms with Gasteiger partial charge in [-0.3, -0.25) is 0 Å². The Balaban J connectivity index is 1.64. The minimum absolute atomic E-state index is 0.0248. The Morgan fingerprint density at radius 2 is 2.14 bits per heavy atom. The van der Waals surface area contributed by atoms with E-state index in [4.69, 9.17) is 4.74 Å². The first kappa shape index (κ1) is 14.9. The summed E-state index contributed by atoms with van der Waals surface area (Å²) in [6, 6.07) is 11.4. The number of nitrogens with zero attached hydrogens (tertiary/aromatic N) is 2. The summed E-state index contributed by atoms with van der Waals surface area (Å²) in [5.74, 6) is -0.501. The number of nitriles is 1. The molecule has 0 radical (unpaired) electrons. The lowest BCUT2D eigenvalue weighted by molar-refractivity contribution is 0.102. The molecule has 6 nitrogen and oxygen atoms in total. The smallest absolute Gasteiger partial charge is 0.410 e. The lowest BCUT2D eigenvalue weighted by Gasteiger charge is -2.19. The Morgan fingerprint density at radius 1 is 1.41 bits per heavy atom. The average molecular weight is 320 g/mol. The van der Waals surface area contributed by atoms with Gasteiger partial charge in [0.1, 0.15) is 6.61 Å². The topological polar surface area (TPSA) is 87.5 Å². The van der Waals surface area contributed by atoms with E-state index in [2.05, 4.69) is 6.07 Å². The van der Waals surface area contributed by atoms with Crippen LogP contribution in [0.3, 0.4) is 0 Å². The third kappa shape index (κ3) is 2.66. The zero-order valence-electron chi connectivity index (χ0n) is 11.9. The molecule has 2 aliphatic rings. The molecular formula is C15H16N2O4S. The molecule has 1 amide bonds. The SMILES string of the molecule is N#C[C@]12CN(C(=O)OCc3ccccc3)C[C@@H]1CS(=O)(=O)C2. The summed E-state index contributed by atoms with van der Waals surface area (Å²) in [6.07, 6.45) is -0.495. The molecule has 2 aliphatic heterocycles. The maximum Gasteiger partial charge on any atom is 0.410 e. The normalized spacial score (nSPS) is 28.9. The minimum atomic E-state index is -3.18. The number of carbonyl (C=O) groups excluding carboxylic acids is 1. The molecule has 0 spiro atoms. The van der Waals surface area contributed by atoms with Crippen LogP contribution in [0.5, 0.6) is 0 Å².